The third-order valence-electron chi connectivity index (χ3n) is 5.96. The van der Waals surface area contributed by atoms with Crippen LogP contribution < -0.4 is 4.90 Å². The second-order valence-corrected chi connectivity index (χ2v) is 8.92. The van der Waals surface area contributed by atoms with Gasteiger partial charge in [0.1, 0.15) is 11.5 Å². The molecule has 0 atom stereocenters. The van der Waals surface area contributed by atoms with Gasteiger partial charge in [0.15, 0.2) is 0 Å². The molecule has 0 spiro atoms. The monoisotopic (exact) mass is 427 g/mol. The molecule has 8 heteroatoms. The van der Waals surface area contributed by atoms with Gasteiger partial charge in [0.25, 0.3) is 11.8 Å². The van der Waals surface area contributed by atoms with E-state index in [0.717, 1.165) is 21.6 Å². The Bertz CT molecular complexity index is 1050. The summed E-state index contributed by atoms with van der Waals surface area (Å²) in [5, 5.41) is 10.0. The summed E-state index contributed by atoms with van der Waals surface area (Å²) in [6.07, 6.45) is 0.568. The van der Waals surface area contributed by atoms with Gasteiger partial charge in [-0.3, -0.25) is 19.3 Å². The first-order valence-corrected chi connectivity index (χ1v) is 10.8. The smallest absolute Gasteiger partial charge is 0.257 e. The SMILES string of the molecule is Cc1cccc(C(=O)N2CCc3c(sc4c3C(=O)N(C)CC(=O)N4CCO)C2)c1C. The van der Waals surface area contributed by atoms with Gasteiger partial charge >= 0.3 is 0 Å². The van der Waals surface area contributed by atoms with Gasteiger partial charge in [0.2, 0.25) is 5.91 Å². The lowest BCUT2D eigenvalue weighted by molar-refractivity contribution is -0.119. The summed E-state index contributed by atoms with van der Waals surface area (Å²) < 4.78 is 0. The van der Waals surface area contributed by atoms with Crippen molar-refractivity contribution in [2.24, 2.45) is 0 Å². The summed E-state index contributed by atoms with van der Waals surface area (Å²) >= 11 is 1.38. The number of aliphatic hydroxyl groups is 1. The lowest BCUT2D eigenvalue weighted by atomic mass is 9.99. The van der Waals surface area contributed by atoms with Gasteiger partial charge in [-0.1, -0.05) is 12.1 Å². The maximum atomic E-state index is 13.2. The zero-order chi connectivity index (χ0) is 21.6. The molecule has 1 aromatic carbocycles. The Kier molecular flexibility index (Phi) is 5.38. The number of carbonyl (C=O) groups excluding carboxylic acids is 3. The predicted octanol–water partition coefficient (Wildman–Crippen LogP) is 1.97. The Morgan fingerprint density at radius 1 is 1.20 bits per heavy atom. The molecular formula is C22H25N3O4S. The minimum Gasteiger partial charge on any atom is -0.395 e. The minimum atomic E-state index is -0.208. The molecule has 3 heterocycles. The molecule has 0 aliphatic carbocycles. The van der Waals surface area contributed by atoms with Gasteiger partial charge < -0.3 is 14.9 Å². The molecule has 1 aromatic heterocycles. The lowest BCUT2D eigenvalue weighted by Crippen LogP contribution is -2.39. The van der Waals surface area contributed by atoms with E-state index in [4.69, 9.17) is 0 Å². The topological polar surface area (TPSA) is 81.2 Å². The molecule has 2 aliphatic heterocycles. The molecule has 0 radical (unpaired) electrons. The van der Waals surface area contributed by atoms with Crippen molar-refractivity contribution in [1.82, 2.24) is 9.80 Å². The highest BCUT2D eigenvalue weighted by Gasteiger charge is 2.37. The number of aliphatic hydroxyl groups excluding tert-OH is 1. The van der Waals surface area contributed by atoms with Crippen molar-refractivity contribution in [2.75, 3.05) is 38.2 Å². The average Bonchev–Trinajstić information content (AvgIpc) is 3.07. The number of amides is 3. The molecule has 0 bridgehead atoms. The molecular weight excluding hydrogens is 402 g/mol. The van der Waals surface area contributed by atoms with E-state index < -0.39 is 0 Å². The summed E-state index contributed by atoms with van der Waals surface area (Å²) in [5.41, 5.74) is 4.23. The van der Waals surface area contributed by atoms with Gasteiger partial charge in [-0.25, -0.2) is 0 Å². The van der Waals surface area contributed by atoms with Crippen LogP contribution in [0.3, 0.4) is 0 Å². The van der Waals surface area contributed by atoms with Crippen LogP contribution in [-0.4, -0.2) is 65.9 Å². The van der Waals surface area contributed by atoms with E-state index in [-0.39, 0.29) is 37.4 Å². The van der Waals surface area contributed by atoms with Crippen molar-refractivity contribution >= 4 is 34.1 Å². The number of aryl methyl sites for hydroxylation is 1. The Morgan fingerprint density at radius 3 is 2.70 bits per heavy atom. The summed E-state index contributed by atoms with van der Waals surface area (Å²) in [5.74, 6) is -0.400. The summed E-state index contributed by atoms with van der Waals surface area (Å²) in [6.45, 7) is 4.85. The Morgan fingerprint density at radius 2 is 1.97 bits per heavy atom. The zero-order valence-corrected chi connectivity index (χ0v) is 18.2. The number of thiophene rings is 1. The van der Waals surface area contributed by atoms with E-state index in [1.54, 1.807) is 7.05 Å². The molecule has 158 valence electrons. The van der Waals surface area contributed by atoms with Gasteiger partial charge in [0.05, 0.1) is 18.7 Å². The molecule has 30 heavy (non-hydrogen) atoms. The fourth-order valence-electron chi connectivity index (χ4n) is 4.12. The highest BCUT2D eigenvalue weighted by molar-refractivity contribution is 7.17. The van der Waals surface area contributed by atoms with E-state index in [0.29, 0.717) is 35.6 Å². The predicted molar refractivity (Wildman–Crippen MR) is 115 cm³/mol. The number of nitrogens with zero attached hydrogens (tertiary/aromatic N) is 3. The third-order valence-corrected chi connectivity index (χ3v) is 7.20. The van der Waals surface area contributed by atoms with Gasteiger partial charge in [0, 0.05) is 30.6 Å². The van der Waals surface area contributed by atoms with Crippen molar-refractivity contribution in [2.45, 2.75) is 26.8 Å². The number of β-amino-alcohol motifs (C(OH)–C–C–N with tert-alkyl or cyclic N) is 1. The summed E-state index contributed by atoms with van der Waals surface area (Å²) in [6, 6.07) is 5.74. The first-order valence-electron chi connectivity index (χ1n) is 10.00. The van der Waals surface area contributed by atoms with Crippen LogP contribution in [0.15, 0.2) is 18.2 Å². The third kappa shape index (κ3) is 3.30. The quantitative estimate of drug-likeness (QED) is 0.812. The maximum Gasteiger partial charge on any atom is 0.257 e. The van der Waals surface area contributed by atoms with E-state index in [2.05, 4.69) is 0 Å². The van der Waals surface area contributed by atoms with E-state index >= 15 is 0 Å². The van der Waals surface area contributed by atoms with E-state index in [1.165, 1.54) is 21.1 Å². The maximum absolute atomic E-state index is 13.2. The first kappa shape index (κ1) is 20.6. The van der Waals surface area contributed by atoms with Crippen LogP contribution >= 0.6 is 11.3 Å². The minimum absolute atomic E-state index is 0.00769. The van der Waals surface area contributed by atoms with E-state index in [1.807, 2.05) is 36.9 Å². The van der Waals surface area contributed by atoms with Crippen LogP contribution in [-0.2, 0) is 17.8 Å². The first-order chi connectivity index (χ1) is 14.3. The summed E-state index contributed by atoms with van der Waals surface area (Å²) in [7, 11) is 1.62. The number of carbonyl (C=O) groups is 3. The van der Waals surface area contributed by atoms with Gasteiger partial charge in [-0.05, 0) is 43.0 Å². The second kappa shape index (κ2) is 7.85. The number of hydrogen-bond acceptors (Lipinski definition) is 5. The van der Waals surface area contributed by atoms with Crippen LogP contribution in [0.2, 0.25) is 0 Å². The Balaban J connectivity index is 1.70. The van der Waals surface area contributed by atoms with Crippen LogP contribution in [0, 0.1) is 13.8 Å². The van der Waals surface area contributed by atoms with Crippen LogP contribution in [0.5, 0.6) is 0 Å². The molecule has 2 aliphatic rings. The second-order valence-electron chi connectivity index (χ2n) is 7.84. The number of hydrogen-bond donors (Lipinski definition) is 1. The van der Waals surface area contributed by atoms with Crippen molar-refractivity contribution < 1.29 is 19.5 Å². The van der Waals surface area contributed by atoms with Crippen LogP contribution in [0.1, 0.15) is 42.3 Å². The molecule has 0 saturated carbocycles. The lowest BCUT2D eigenvalue weighted by Gasteiger charge is -2.28. The van der Waals surface area contributed by atoms with E-state index in [9.17, 15) is 19.5 Å². The van der Waals surface area contributed by atoms with Crippen LogP contribution in [0.25, 0.3) is 0 Å². The summed E-state index contributed by atoms with van der Waals surface area (Å²) in [4.78, 5) is 44.5. The van der Waals surface area contributed by atoms with Crippen LogP contribution in [0.4, 0.5) is 5.00 Å². The van der Waals surface area contributed by atoms with Crippen molar-refractivity contribution in [3.63, 3.8) is 0 Å². The van der Waals surface area contributed by atoms with Crippen molar-refractivity contribution in [1.29, 1.82) is 0 Å². The number of likely N-dealkylation sites (N-methyl/N-ethyl adjacent to an activating group) is 1. The molecule has 3 amide bonds. The largest absolute Gasteiger partial charge is 0.395 e. The molecule has 0 saturated heterocycles. The fraction of sp³-hybridized carbons (Fsp3) is 0.409. The Labute approximate surface area is 179 Å². The zero-order valence-electron chi connectivity index (χ0n) is 17.4. The molecule has 0 fully saturated rings. The molecule has 7 nitrogen and oxygen atoms in total. The molecule has 2 aromatic rings. The normalized spacial score (nSPS) is 16.5. The number of anilines is 1. The average molecular weight is 428 g/mol. The van der Waals surface area contributed by atoms with Gasteiger partial charge in [-0.2, -0.15) is 0 Å². The molecule has 1 N–H and O–H groups in total. The molecule has 4 rings (SSSR count). The standard InChI is InChI=1S/C22H25N3O4S/c1-13-5-4-6-15(14(13)2)20(28)24-8-7-16-17(11-24)30-22-19(16)21(29)23(3)12-18(27)25(22)9-10-26/h4-6,26H,7-12H2,1-3H3. The number of fused-ring (bicyclic) bond motifs is 3. The number of benzene rings is 1. The number of rotatable bonds is 3. The fourth-order valence-corrected chi connectivity index (χ4v) is 5.51. The van der Waals surface area contributed by atoms with Gasteiger partial charge in [-0.15, -0.1) is 11.3 Å². The highest BCUT2D eigenvalue weighted by Crippen LogP contribution is 2.41. The van der Waals surface area contributed by atoms with Crippen molar-refractivity contribution in [3.05, 3.63) is 50.9 Å². The van der Waals surface area contributed by atoms with Crippen molar-refractivity contribution in [3.8, 4) is 0 Å². The Hall–Kier alpha value is -2.71. The highest BCUT2D eigenvalue weighted by atomic mass is 32.1. The molecule has 0 unspecified atom stereocenters.